The minimum atomic E-state index is -0.356. The number of carbonyl (C=O) groups is 1. The van der Waals surface area contributed by atoms with E-state index >= 15 is 0 Å². The summed E-state index contributed by atoms with van der Waals surface area (Å²) in [6.45, 7) is 5.09. The van der Waals surface area contributed by atoms with E-state index < -0.39 is 0 Å². The second kappa shape index (κ2) is 6.68. The molecule has 1 aromatic rings. The number of thiazole rings is 1. The van der Waals surface area contributed by atoms with Crippen LogP contribution in [0.2, 0.25) is 0 Å². The summed E-state index contributed by atoms with van der Waals surface area (Å²) >= 11 is 1.35. The highest BCUT2D eigenvalue weighted by molar-refractivity contribution is 7.13. The van der Waals surface area contributed by atoms with Crippen LogP contribution in [0.25, 0.3) is 0 Å². The molecule has 1 rings (SSSR count). The van der Waals surface area contributed by atoms with E-state index in [1.807, 2.05) is 0 Å². The lowest BCUT2D eigenvalue weighted by Gasteiger charge is -2.04. The van der Waals surface area contributed by atoms with Crippen LogP contribution in [0.3, 0.4) is 0 Å². The fraction of sp³-hybridized carbons (Fsp3) is 0.636. The molecule has 1 heterocycles. The predicted molar refractivity (Wildman–Crippen MR) is 66.1 cm³/mol. The molecule has 0 aromatic carbocycles. The number of carbonyl (C=O) groups excluding carboxylic acids is 1. The molecule has 0 unspecified atom stereocenters. The van der Waals surface area contributed by atoms with Crippen molar-refractivity contribution in [1.29, 1.82) is 0 Å². The minimum Gasteiger partial charge on any atom is -0.465 e. The Labute approximate surface area is 105 Å². The third-order valence-corrected chi connectivity index (χ3v) is 3.13. The Hall–Kier alpha value is -0.980. The van der Waals surface area contributed by atoms with Crippen LogP contribution >= 0.6 is 11.3 Å². The van der Waals surface area contributed by atoms with E-state index in [9.17, 15) is 4.79 Å². The number of ether oxygens (including phenoxy) is 2. The lowest BCUT2D eigenvalue weighted by Crippen LogP contribution is -2.21. The first-order chi connectivity index (χ1) is 8.08. The van der Waals surface area contributed by atoms with E-state index in [-0.39, 0.29) is 5.97 Å². The summed E-state index contributed by atoms with van der Waals surface area (Å²) in [5, 5.41) is 4.12. The van der Waals surface area contributed by atoms with Crippen LogP contribution in [-0.2, 0) is 22.6 Å². The third kappa shape index (κ3) is 4.07. The van der Waals surface area contributed by atoms with Crippen molar-refractivity contribution in [2.45, 2.75) is 33.0 Å². The van der Waals surface area contributed by atoms with E-state index in [2.05, 4.69) is 24.1 Å². The number of hydrogen-bond acceptors (Lipinski definition) is 6. The Balaban J connectivity index is 2.83. The van der Waals surface area contributed by atoms with Crippen molar-refractivity contribution >= 4 is 17.3 Å². The van der Waals surface area contributed by atoms with Crippen LogP contribution < -0.4 is 5.32 Å². The standard InChI is InChI=1S/C11H18N2O3S/c1-7(2)12-5-9-13-8(6-15-3)10(17-9)11(14)16-4/h7,12H,5-6H2,1-4H3. The number of aromatic nitrogens is 1. The SMILES string of the molecule is COCc1nc(CNC(C)C)sc1C(=O)OC. The summed E-state index contributed by atoms with van der Waals surface area (Å²) in [6, 6.07) is 0.381. The number of esters is 1. The van der Waals surface area contributed by atoms with Crippen LogP contribution in [0.15, 0.2) is 0 Å². The number of nitrogens with one attached hydrogen (secondary N) is 1. The maximum Gasteiger partial charge on any atom is 0.350 e. The number of methoxy groups -OCH3 is 2. The van der Waals surface area contributed by atoms with Gasteiger partial charge in [-0.05, 0) is 0 Å². The van der Waals surface area contributed by atoms with Gasteiger partial charge < -0.3 is 14.8 Å². The van der Waals surface area contributed by atoms with Crippen LogP contribution in [0, 0.1) is 0 Å². The van der Waals surface area contributed by atoms with Gasteiger partial charge in [-0.25, -0.2) is 9.78 Å². The van der Waals surface area contributed by atoms with E-state index in [1.54, 1.807) is 7.11 Å². The normalized spacial score (nSPS) is 10.9. The highest BCUT2D eigenvalue weighted by atomic mass is 32.1. The molecule has 6 heteroatoms. The number of hydrogen-bond donors (Lipinski definition) is 1. The Morgan fingerprint density at radius 2 is 2.18 bits per heavy atom. The van der Waals surface area contributed by atoms with Gasteiger partial charge in [0.25, 0.3) is 0 Å². The van der Waals surface area contributed by atoms with Crippen molar-refractivity contribution in [2.75, 3.05) is 14.2 Å². The Morgan fingerprint density at radius 3 is 2.71 bits per heavy atom. The largest absolute Gasteiger partial charge is 0.465 e. The molecule has 0 fully saturated rings. The molecule has 17 heavy (non-hydrogen) atoms. The van der Waals surface area contributed by atoms with Crippen LogP contribution in [0.1, 0.15) is 34.2 Å². The summed E-state index contributed by atoms with van der Waals surface area (Å²) in [5.41, 5.74) is 0.643. The van der Waals surface area contributed by atoms with Gasteiger partial charge in [0.2, 0.25) is 0 Å². The average Bonchev–Trinajstić information content (AvgIpc) is 2.69. The zero-order chi connectivity index (χ0) is 12.8. The maximum absolute atomic E-state index is 11.5. The average molecular weight is 258 g/mol. The number of nitrogens with zero attached hydrogens (tertiary/aromatic N) is 1. The van der Waals surface area contributed by atoms with E-state index in [0.29, 0.717) is 29.8 Å². The van der Waals surface area contributed by atoms with Crippen LogP contribution in [0.4, 0.5) is 0 Å². The summed E-state index contributed by atoms with van der Waals surface area (Å²) in [7, 11) is 2.94. The molecule has 0 aliphatic rings. The molecule has 96 valence electrons. The molecule has 0 bridgehead atoms. The molecular formula is C11H18N2O3S. The molecule has 0 spiro atoms. The zero-order valence-electron chi connectivity index (χ0n) is 10.6. The first kappa shape index (κ1) is 14.1. The molecule has 1 aromatic heterocycles. The van der Waals surface area contributed by atoms with Gasteiger partial charge in [-0.3, -0.25) is 0 Å². The van der Waals surface area contributed by atoms with Crippen LogP contribution in [0.5, 0.6) is 0 Å². The lowest BCUT2D eigenvalue weighted by molar-refractivity contribution is 0.0601. The zero-order valence-corrected chi connectivity index (χ0v) is 11.4. The second-order valence-corrected chi connectivity index (χ2v) is 4.93. The molecule has 0 aliphatic heterocycles. The molecule has 0 atom stereocenters. The lowest BCUT2D eigenvalue weighted by atomic mass is 10.4. The highest BCUT2D eigenvalue weighted by Crippen LogP contribution is 2.20. The molecule has 0 amide bonds. The van der Waals surface area contributed by atoms with E-state index in [1.165, 1.54) is 18.4 Å². The Bertz CT molecular complexity index is 377. The smallest absolute Gasteiger partial charge is 0.350 e. The van der Waals surface area contributed by atoms with Crippen molar-refractivity contribution in [3.8, 4) is 0 Å². The molecular weight excluding hydrogens is 240 g/mol. The van der Waals surface area contributed by atoms with Gasteiger partial charge in [-0.1, -0.05) is 13.8 Å². The van der Waals surface area contributed by atoms with Crippen molar-refractivity contribution < 1.29 is 14.3 Å². The first-order valence-corrected chi connectivity index (χ1v) is 6.19. The summed E-state index contributed by atoms with van der Waals surface area (Å²) in [6.07, 6.45) is 0. The van der Waals surface area contributed by atoms with Crippen molar-refractivity contribution in [2.24, 2.45) is 0 Å². The second-order valence-electron chi connectivity index (χ2n) is 3.84. The van der Waals surface area contributed by atoms with Crippen LogP contribution in [-0.4, -0.2) is 31.2 Å². The van der Waals surface area contributed by atoms with Crippen molar-refractivity contribution in [3.63, 3.8) is 0 Å². The monoisotopic (exact) mass is 258 g/mol. The fourth-order valence-electron chi connectivity index (χ4n) is 1.25. The molecule has 1 N–H and O–H groups in total. The quantitative estimate of drug-likeness (QED) is 0.785. The molecule has 0 saturated carbocycles. The fourth-order valence-corrected chi connectivity index (χ4v) is 2.19. The van der Waals surface area contributed by atoms with Crippen molar-refractivity contribution in [1.82, 2.24) is 10.3 Å². The van der Waals surface area contributed by atoms with Gasteiger partial charge in [0.15, 0.2) is 0 Å². The van der Waals surface area contributed by atoms with E-state index in [4.69, 9.17) is 9.47 Å². The van der Waals surface area contributed by atoms with Gasteiger partial charge in [-0.2, -0.15) is 0 Å². The summed E-state index contributed by atoms with van der Waals surface area (Å²) in [4.78, 5) is 16.4. The first-order valence-electron chi connectivity index (χ1n) is 5.37. The molecule has 0 aliphatic carbocycles. The van der Waals surface area contributed by atoms with Gasteiger partial charge >= 0.3 is 5.97 Å². The molecule has 0 radical (unpaired) electrons. The summed E-state index contributed by atoms with van der Waals surface area (Å²) in [5.74, 6) is -0.356. The van der Waals surface area contributed by atoms with Gasteiger partial charge in [0.05, 0.1) is 19.4 Å². The Morgan fingerprint density at radius 1 is 1.47 bits per heavy atom. The summed E-state index contributed by atoms with van der Waals surface area (Å²) < 4.78 is 9.74. The minimum absolute atomic E-state index is 0.322. The predicted octanol–water partition coefficient (Wildman–Crippen LogP) is 1.57. The Kier molecular flexibility index (Phi) is 5.54. The number of rotatable bonds is 6. The van der Waals surface area contributed by atoms with Crippen molar-refractivity contribution in [3.05, 3.63) is 15.6 Å². The molecule has 0 saturated heterocycles. The molecule has 5 nitrogen and oxygen atoms in total. The van der Waals surface area contributed by atoms with Gasteiger partial charge in [0.1, 0.15) is 9.88 Å². The van der Waals surface area contributed by atoms with Gasteiger partial charge in [0, 0.05) is 19.7 Å². The third-order valence-electron chi connectivity index (χ3n) is 2.06. The maximum atomic E-state index is 11.5. The van der Waals surface area contributed by atoms with E-state index in [0.717, 1.165) is 5.01 Å². The van der Waals surface area contributed by atoms with Gasteiger partial charge in [-0.15, -0.1) is 11.3 Å². The topological polar surface area (TPSA) is 60.5 Å². The highest BCUT2D eigenvalue weighted by Gasteiger charge is 2.18.